The average molecular weight is 202 g/mol. The van der Waals surface area contributed by atoms with Crippen molar-refractivity contribution in [1.29, 1.82) is 0 Å². The summed E-state index contributed by atoms with van der Waals surface area (Å²) in [7, 11) is 0. The molecule has 1 aromatic carbocycles. The number of nitrogens with zero attached hydrogens (tertiary/aromatic N) is 1. The molecule has 0 aliphatic carbocycles. The lowest BCUT2D eigenvalue weighted by Gasteiger charge is -1.91. The van der Waals surface area contributed by atoms with Crippen LogP contribution in [0.3, 0.4) is 0 Å². The van der Waals surface area contributed by atoms with Crippen LogP contribution in [0, 0.1) is 0 Å². The van der Waals surface area contributed by atoms with Gasteiger partial charge in [0.15, 0.2) is 5.88 Å². The Morgan fingerprint density at radius 2 is 2.20 bits per heavy atom. The number of hydrogen-bond acceptors (Lipinski definition) is 2. The van der Waals surface area contributed by atoms with Crippen LogP contribution >= 0.6 is 0 Å². The highest BCUT2D eigenvalue weighted by atomic mass is 16.3. The number of aromatic hydroxyl groups is 1. The number of fused-ring (bicyclic) bond motifs is 1. The number of aromatic amines is 1. The lowest BCUT2D eigenvalue weighted by atomic mass is 10.2. The summed E-state index contributed by atoms with van der Waals surface area (Å²) < 4.78 is 0. The topological polar surface area (TPSA) is 48.4 Å². The van der Waals surface area contributed by atoms with Gasteiger partial charge in [-0.2, -0.15) is 0 Å². The van der Waals surface area contributed by atoms with E-state index in [0.717, 1.165) is 29.4 Å². The summed E-state index contributed by atoms with van der Waals surface area (Å²) in [5, 5.41) is 10.7. The van der Waals surface area contributed by atoms with E-state index in [1.165, 1.54) is 0 Å². The number of hydrogen-bond donors (Lipinski definition) is 2. The summed E-state index contributed by atoms with van der Waals surface area (Å²) in [4.78, 5) is 7.16. The molecule has 1 aromatic heterocycles. The van der Waals surface area contributed by atoms with Gasteiger partial charge in [0.2, 0.25) is 0 Å². The van der Waals surface area contributed by atoms with Crippen LogP contribution in [0.1, 0.15) is 18.9 Å². The second kappa shape index (κ2) is 4.17. The highest BCUT2D eigenvalue weighted by Gasteiger charge is 2.06. The van der Waals surface area contributed by atoms with Crippen LogP contribution in [0.15, 0.2) is 29.3 Å². The molecule has 2 aromatic rings. The molecule has 0 aliphatic rings. The van der Waals surface area contributed by atoms with E-state index >= 15 is 0 Å². The Hall–Kier alpha value is -1.77. The van der Waals surface area contributed by atoms with E-state index in [2.05, 4.69) is 16.9 Å². The molecule has 0 aliphatic heterocycles. The molecule has 2 N–H and O–H groups in total. The lowest BCUT2D eigenvalue weighted by molar-refractivity contribution is 0.457. The first-order chi connectivity index (χ1) is 7.33. The molecule has 0 spiro atoms. The van der Waals surface area contributed by atoms with Gasteiger partial charge >= 0.3 is 0 Å². The molecule has 78 valence electrons. The second-order valence-corrected chi connectivity index (χ2v) is 3.47. The Morgan fingerprint density at radius 1 is 1.40 bits per heavy atom. The van der Waals surface area contributed by atoms with E-state index in [0.29, 0.717) is 0 Å². The van der Waals surface area contributed by atoms with Crippen LogP contribution in [0.2, 0.25) is 0 Å². The monoisotopic (exact) mass is 202 g/mol. The smallest absolute Gasteiger partial charge is 0.198 e. The normalized spacial score (nSPS) is 11.5. The van der Waals surface area contributed by atoms with Crippen molar-refractivity contribution >= 4 is 17.1 Å². The van der Waals surface area contributed by atoms with E-state index < -0.39 is 0 Å². The quantitative estimate of drug-likeness (QED) is 0.738. The SMILES string of the molecule is CCCN=Cc1c(O)[nH]c2ccccc12. The number of para-hydroxylation sites is 1. The molecule has 0 saturated heterocycles. The highest BCUT2D eigenvalue weighted by molar-refractivity contribution is 6.01. The van der Waals surface area contributed by atoms with Gasteiger partial charge in [-0.25, -0.2) is 0 Å². The van der Waals surface area contributed by atoms with Crippen molar-refractivity contribution in [2.45, 2.75) is 13.3 Å². The van der Waals surface area contributed by atoms with E-state index in [-0.39, 0.29) is 5.88 Å². The maximum atomic E-state index is 9.69. The summed E-state index contributed by atoms with van der Waals surface area (Å²) in [6.07, 6.45) is 2.75. The molecular weight excluding hydrogens is 188 g/mol. The molecule has 0 bridgehead atoms. The van der Waals surface area contributed by atoms with E-state index in [9.17, 15) is 5.11 Å². The minimum atomic E-state index is 0.191. The van der Waals surface area contributed by atoms with Gasteiger partial charge in [0.25, 0.3) is 0 Å². The first-order valence-corrected chi connectivity index (χ1v) is 5.12. The fraction of sp³-hybridized carbons (Fsp3) is 0.250. The predicted molar refractivity (Wildman–Crippen MR) is 62.7 cm³/mol. The summed E-state index contributed by atoms with van der Waals surface area (Å²) in [5.41, 5.74) is 1.71. The van der Waals surface area contributed by atoms with E-state index in [1.54, 1.807) is 6.21 Å². The fourth-order valence-corrected chi connectivity index (χ4v) is 1.57. The molecule has 1 heterocycles. The third-order valence-corrected chi connectivity index (χ3v) is 2.30. The standard InChI is InChI=1S/C12H14N2O/c1-2-7-13-8-10-9-5-3-4-6-11(9)14-12(10)15/h3-6,8,14-15H,2,7H2,1H3. The van der Waals surface area contributed by atoms with Crippen molar-refractivity contribution in [2.75, 3.05) is 6.54 Å². The van der Waals surface area contributed by atoms with Gasteiger partial charge in [-0.05, 0) is 12.5 Å². The Bertz CT molecular complexity index is 485. The average Bonchev–Trinajstić information content (AvgIpc) is 2.56. The highest BCUT2D eigenvalue weighted by Crippen LogP contribution is 2.24. The molecule has 3 heteroatoms. The molecule has 0 radical (unpaired) electrons. The number of nitrogens with one attached hydrogen (secondary N) is 1. The molecule has 0 amide bonds. The van der Waals surface area contributed by atoms with Gasteiger partial charge in [-0.15, -0.1) is 0 Å². The zero-order valence-electron chi connectivity index (χ0n) is 8.70. The van der Waals surface area contributed by atoms with E-state index in [1.807, 2.05) is 24.3 Å². The zero-order chi connectivity index (χ0) is 10.7. The van der Waals surface area contributed by atoms with Gasteiger partial charge < -0.3 is 10.1 Å². The number of benzene rings is 1. The minimum absolute atomic E-state index is 0.191. The molecule has 0 saturated carbocycles. The lowest BCUT2D eigenvalue weighted by Crippen LogP contribution is -1.82. The van der Waals surface area contributed by atoms with Crippen LogP contribution in [0.4, 0.5) is 0 Å². The van der Waals surface area contributed by atoms with Crippen molar-refractivity contribution < 1.29 is 5.11 Å². The third-order valence-electron chi connectivity index (χ3n) is 2.30. The van der Waals surface area contributed by atoms with Crippen molar-refractivity contribution in [3.8, 4) is 5.88 Å². The fourth-order valence-electron chi connectivity index (χ4n) is 1.57. The molecular formula is C12H14N2O. The summed E-state index contributed by atoms with van der Waals surface area (Å²) in [5.74, 6) is 0.191. The largest absolute Gasteiger partial charge is 0.494 e. The maximum absolute atomic E-state index is 9.69. The Kier molecular flexibility index (Phi) is 2.72. The summed E-state index contributed by atoms with van der Waals surface area (Å²) in [6, 6.07) is 7.79. The number of H-pyrrole nitrogens is 1. The van der Waals surface area contributed by atoms with Gasteiger partial charge in [-0.3, -0.25) is 4.99 Å². The van der Waals surface area contributed by atoms with Crippen molar-refractivity contribution in [3.63, 3.8) is 0 Å². The van der Waals surface area contributed by atoms with E-state index in [4.69, 9.17) is 0 Å². The Labute approximate surface area is 88.5 Å². The zero-order valence-corrected chi connectivity index (χ0v) is 8.70. The molecule has 3 nitrogen and oxygen atoms in total. The molecule has 15 heavy (non-hydrogen) atoms. The molecule has 2 rings (SSSR count). The van der Waals surface area contributed by atoms with Crippen molar-refractivity contribution in [1.82, 2.24) is 4.98 Å². The van der Waals surface area contributed by atoms with Crippen LogP contribution in [0.5, 0.6) is 5.88 Å². The molecule has 0 fully saturated rings. The third kappa shape index (κ3) is 1.86. The van der Waals surface area contributed by atoms with Crippen LogP contribution in [-0.4, -0.2) is 22.8 Å². The Balaban J connectivity index is 2.45. The first-order valence-electron chi connectivity index (χ1n) is 5.12. The van der Waals surface area contributed by atoms with Crippen molar-refractivity contribution in [2.24, 2.45) is 4.99 Å². The number of aromatic nitrogens is 1. The summed E-state index contributed by atoms with van der Waals surface area (Å²) >= 11 is 0. The van der Waals surface area contributed by atoms with Crippen molar-refractivity contribution in [3.05, 3.63) is 29.8 Å². The molecule has 0 unspecified atom stereocenters. The van der Waals surface area contributed by atoms with Gasteiger partial charge in [0.05, 0.1) is 5.56 Å². The summed E-state index contributed by atoms with van der Waals surface area (Å²) in [6.45, 7) is 2.87. The number of rotatable bonds is 3. The van der Waals surface area contributed by atoms with Crippen LogP contribution < -0.4 is 0 Å². The van der Waals surface area contributed by atoms with Gasteiger partial charge in [0, 0.05) is 23.7 Å². The number of aliphatic imine (C=N–C) groups is 1. The van der Waals surface area contributed by atoms with Gasteiger partial charge in [-0.1, -0.05) is 25.1 Å². The second-order valence-electron chi connectivity index (χ2n) is 3.47. The predicted octanol–water partition coefficient (Wildman–Crippen LogP) is 2.70. The first kappa shape index (κ1) is 9.77. The van der Waals surface area contributed by atoms with Crippen LogP contribution in [0.25, 0.3) is 10.9 Å². The Morgan fingerprint density at radius 3 is 3.00 bits per heavy atom. The minimum Gasteiger partial charge on any atom is -0.494 e. The molecule has 0 atom stereocenters. The van der Waals surface area contributed by atoms with Gasteiger partial charge in [0.1, 0.15) is 0 Å². The maximum Gasteiger partial charge on any atom is 0.198 e. The van der Waals surface area contributed by atoms with Crippen LogP contribution in [-0.2, 0) is 0 Å².